The fraction of sp³-hybridized carbons (Fsp3) is 0.600. The van der Waals surface area contributed by atoms with Gasteiger partial charge in [0.2, 0.25) is 0 Å². The highest BCUT2D eigenvalue weighted by Gasteiger charge is 2.34. The summed E-state index contributed by atoms with van der Waals surface area (Å²) in [5.41, 5.74) is -1.58. The number of carbonyl (C=O) groups excluding carboxylic acids is 3. The highest BCUT2D eigenvalue weighted by atomic mass is 16.6. The SMILES string of the molecule is CCCCCC(C)(C)c1cc(C(C)C(=O)OC(C)n2c(=O)n(C(C)OC(=O)C(C)c3ccc(O)c(C(C)(C)CCCCC)c3)c(=O)n(C(C)OC(=O)C(C)c3ccc(O)c(C(C)(C)CCCCC)c3)c2=O)ccc1O. The third-order valence-electron chi connectivity index (χ3n) is 15.2. The Bertz CT molecular complexity index is 2470. The molecule has 75 heavy (non-hydrogen) atoms. The maximum Gasteiger partial charge on any atom is 0.342 e. The van der Waals surface area contributed by atoms with Crippen molar-refractivity contribution < 1.29 is 43.9 Å². The zero-order valence-corrected chi connectivity index (χ0v) is 47.5. The van der Waals surface area contributed by atoms with Gasteiger partial charge < -0.3 is 29.5 Å². The van der Waals surface area contributed by atoms with Gasteiger partial charge in [0.25, 0.3) is 0 Å². The molecule has 1 aromatic heterocycles. The van der Waals surface area contributed by atoms with Crippen LogP contribution in [0.2, 0.25) is 0 Å². The van der Waals surface area contributed by atoms with Crippen LogP contribution in [0.1, 0.15) is 251 Å². The van der Waals surface area contributed by atoms with Crippen LogP contribution in [0.5, 0.6) is 17.2 Å². The largest absolute Gasteiger partial charge is 0.508 e. The Morgan fingerprint density at radius 2 is 0.653 bits per heavy atom. The quantitative estimate of drug-likeness (QED) is 0.0290. The lowest BCUT2D eigenvalue weighted by molar-refractivity contribution is -0.156. The van der Waals surface area contributed by atoms with Gasteiger partial charge in [0.05, 0.1) is 17.8 Å². The average Bonchev–Trinajstić information content (AvgIpc) is 3.33. The lowest BCUT2D eigenvalue weighted by Gasteiger charge is -2.28. The molecule has 0 aliphatic carbocycles. The minimum Gasteiger partial charge on any atom is -0.508 e. The van der Waals surface area contributed by atoms with Crippen molar-refractivity contribution in [1.29, 1.82) is 0 Å². The number of rotatable bonds is 27. The maximum atomic E-state index is 14.6. The predicted octanol–water partition coefficient (Wildman–Crippen LogP) is 12.5. The van der Waals surface area contributed by atoms with E-state index in [0.717, 1.165) is 77.0 Å². The molecule has 0 saturated heterocycles. The number of nitrogens with zero attached hydrogens (tertiary/aromatic N) is 3. The molecule has 0 aliphatic rings. The Morgan fingerprint density at radius 1 is 0.427 bits per heavy atom. The Hall–Kier alpha value is -6.12. The minimum absolute atomic E-state index is 0.0844. The Kier molecular flexibility index (Phi) is 21.4. The fourth-order valence-corrected chi connectivity index (χ4v) is 9.85. The van der Waals surface area contributed by atoms with Crippen LogP contribution in [0, 0.1) is 0 Å². The van der Waals surface area contributed by atoms with E-state index in [9.17, 15) is 44.1 Å². The highest BCUT2D eigenvalue weighted by molar-refractivity contribution is 5.79. The second-order valence-electron chi connectivity index (χ2n) is 22.6. The molecule has 0 saturated carbocycles. The third kappa shape index (κ3) is 14.8. The van der Waals surface area contributed by atoms with Gasteiger partial charge in [0.1, 0.15) is 17.2 Å². The molecule has 1 heterocycles. The Morgan fingerprint density at radius 3 is 0.867 bits per heavy atom. The lowest BCUT2D eigenvalue weighted by atomic mass is 9.78. The van der Waals surface area contributed by atoms with Crippen molar-refractivity contribution in [3.8, 4) is 17.2 Å². The molecule has 0 spiro atoms. The normalized spacial score (nSPS) is 14.6. The number of ether oxygens (including phenoxy) is 3. The van der Waals surface area contributed by atoms with Crippen molar-refractivity contribution in [2.75, 3.05) is 0 Å². The first-order valence-electron chi connectivity index (χ1n) is 27.2. The summed E-state index contributed by atoms with van der Waals surface area (Å²) in [5, 5.41) is 32.8. The van der Waals surface area contributed by atoms with Crippen molar-refractivity contribution in [1.82, 2.24) is 13.7 Å². The van der Waals surface area contributed by atoms with Gasteiger partial charge in [-0.3, -0.25) is 14.4 Å². The summed E-state index contributed by atoms with van der Waals surface area (Å²) in [7, 11) is 0. The molecule has 6 unspecified atom stereocenters. The van der Waals surface area contributed by atoms with E-state index in [1.165, 1.54) is 39.0 Å². The topological polar surface area (TPSA) is 206 Å². The molecule has 15 nitrogen and oxygen atoms in total. The van der Waals surface area contributed by atoms with Crippen LogP contribution in [-0.4, -0.2) is 46.9 Å². The number of aromatic nitrogens is 3. The van der Waals surface area contributed by atoms with E-state index in [4.69, 9.17) is 14.2 Å². The summed E-state index contributed by atoms with van der Waals surface area (Å²) in [6.45, 7) is 27.1. The Balaban J connectivity index is 1.77. The number of aromatic hydroxyl groups is 3. The van der Waals surface area contributed by atoms with Gasteiger partial charge in [0, 0.05) is 0 Å². The molecule has 3 aromatic carbocycles. The first kappa shape index (κ1) is 61.4. The van der Waals surface area contributed by atoms with Gasteiger partial charge in [-0.2, -0.15) is 0 Å². The second kappa shape index (κ2) is 26.1. The van der Waals surface area contributed by atoms with Crippen LogP contribution in [0.25, 0.3) is 0 Å². The summed E-state index contributed by atoms with van der Waals surface area (Å²) >= 11 is 0. The van der Waals surface area contributed by atoms with E-state index in [0.29, 0.717) is 47.1 Å². The molecule has 0 fully saturated rings. The van der Waals surface area contributed by atoms with Crippen LogP contribution in [0.4, 0.5) is 0 Å². The van der Waals surface area contributed by atoms with Crippen LogP contribution in [0.15, 0.2) is 69.0 Å². The molecule has 0 aliphatic heterocycles. The van der Waals surface area contributed by atoms with Gasteiger partial charge in [-0.25, -0.2) is 28.1 Å². The van der Waals surface area contributed by atoms with Crippen molar-refractivity contribution in [2.45, 2.75) is 234 Å². The lowest BCUT2D eigenvalue weighted by Crippen LogP contribution is -2.57. The van der Waals surface area contributed by atoms with Crippen LogP contribution < -0.4 is 17.1 Å². The monoisotopic (exact) mass is 1040 g/mol. The van der Waals surface area contributed by atoms with Gasteiger partial charge in [0.15, 0.2) is 18.7 Å². The zero-order valence-electron chi connectivity index (χ0n) is 47.5. The van der Waals surface area contributed by atoms with Crippen LogP contribution >= 0.6 is 0 Å². The van der Waals surface area contributed by atoms with E-state index in [2.05, 4.69) is 20.8 Å². The highest BCUT2D eigenvalue weighted by Crippen LogP contribution is 2.40. The van der Waals surface area contributed by atoms with E-state index in [1.807, 2.05) is 41.5 Å². The number of benzene rings is 3. The maximum absolute atomic E-state index is 14.6. The number of phenolic OH excluding ortho intramolecular Hbond substituents is 3. The summed E-state index contributed by atoms with van der Waals surface area (Å²) in [5.74, 6) is -5.09. The third-order valence-corrected chi connectivity index (χ3v) is 15.2. The number of hydrogen-bond acceptors (Lipinski definition) is 12. The molecule has 15 heteroatoms. The molecular formula is C60H87N3O12. The van der Waals surface area contributed by atoms with Crippen LogP contribution in [-0.2, 0) is 44.8 Å². The number of unbranched alkanes of at least 4 members (excludes halogenated alkanes) is 6. The standard InChI is InChI=1S/C60H87N3O12/c1-16-19-22-31-58(10,11)46-34-43(25-28-49(46)64)37(4)52(67)73-40(7)61-55(70)62(41(8)74-53(68)38(5)44-26-29-50(65)47(35-44)59(12,13)32-23-20-17-2)57(72)63(56(61)71)42(9)75-54(69)39(6)45-27-30-51(66)48(36-45)60(14,15)33-24-21-18-3/h25-30,34-42,64-66H,16-24,31-33H2,1-15H3. The molecule has 6 atom stereocenters. The molecule has 3 N–H and O–H groups in total. The first-order chi connectivity index (χ1) is 35.1. The number of esters is 3. The van der Waals surface area contributed by atoms with Crippen molar-refractivity contribution in [3.63, 3.8) is 0 Å². The van der Waals surface area contributed by atoms with Crippen molar-refractivity contribution in [3.05, 3.63) is 119 Å². The number of carbonyl (C=O) groups is 3. The second-order valence-corrected chi connectivity index (χ2v) is 22.6. The number of hydrogen-bond donors (Lipinski definition) is 3. The molecule has 4 aromatic rings. The van der Waals surface area contributed by atoms with E-state index in [1.54, 1.807) is 57.2 Å². The Labute approximate surface area is 444 Å². The molecule has 0 radical (unpaired) electrons. The van der Waals surface area contributed by atoms with Crippen LogP contribution in [0.3, 0.4) is 0 Å². The minimum atomic E-state index is -1.66. The van der Waals surface area contributed by atoms with E-state index < -0.39 is 87.7 Å². The average molecular weight is 1040 g/mol. The predicted molar refractivity (Wildman–Crippen MR) is 293 cm³/mol. The molecule has 414 valence electrons. The fourth-order valence-electron chi connectivity index (χ4n) is 9.85. The summed E-state index contributed by atoms with van der Waals surface area (Å²) in [6.07, 6.45) is 6.40. The van der Waals surface area contributed by atoms with Crippen molar-refractivity contribution >= 4 is 17.9 Å². The summed E-state index contributed by atoms with van der Waals surface area (Å²) in [4.78, 5) is 85.8. The van der Waals surface area contributed by atoms with Crippen molar-refractivity contribution in [2.24, 2.45) is 0 Å². The summed E-state index contributed by atoms with van der Waals surface area (Å²) < 4.78 is 19.1. The molecular weight excluding hydrogens is 955 g/mol. The zero-order chi connectivity index (χ0) is 56.3. The van der Waals surface area contributed by atoms with Gasteiger partial charge in [-0.05, 0) is 129 Å². The molecule has 0 bridgehead atoms. The van der Waals surface area contributed by atoms with Gasteiger partial charge in [-0.1, -0.05) is 156 Å². The smallest absolute Gasteiger partial charge is 0.342 e. The first-order valence-corrected chi connectivity index (χ1v) is 27.2. The van der Waals surface area contributed by atoms with E-state index >= 15 is 0 Å². The van der Waals surface area contributed by atoms with E-state index in [-0.39, 0.29) is 17.2 Å². The number of phenols is 3. The summed E-state index contributed by atoms with van der Waals surface area (Å²) in [6, 6.07) is 14.7. The van der Waals surface area contributed by atoms with Gasteiger partial charge in [-0.15, -0.1) is 0 Å². The molecule has 4 rings (SSSR count). The van der Waals surface area contributed by atoms with Gasteiger partial charge >= 0.3 is 35.0 Å². The molecule has 0 amide bonds.